The minimum atomic E-state index is -0.944. The van der Waals surface area contributed by atoms with Gasteiger partial charge < -0.3 is 9.84 Å². The second-order valence-corrected chi connectivity index (χ2v) is 4.14. The van der Waals surface area contributed by atoms with E-state index in [1.807, 2.05) is 6.07 Å². The quantitative estimate of drug-likeness (QED) is 0.788. The first-order chi connectivity index (χ1) is 9.74. The molecule has 3 rings (SSSR count). The maximum Gasteiger partial charge on any atom is 0.336 e. The lowest BCUT2D eigenvalue weighted by Gasteiger charge is -2.07. The van der Waals surface area contributed by atoms with Crippen LogP contribution in [0.1, 0.15) is 10.4 Å². The highest BCUT2D eigenvalue weighted by molar-refractivity contribution is 6.03. The molecule has 3 aromatic rings. The number of carboxylic acids is 1. The van der Waals surface area contributed by atoms with Gasteiger partial charge in [0.15, 0.2) is 0 Å². The van der Waals surface area contributed by atoms with Crippen LogP contribution in [-0.2, 0) is 0 Å². The number of fused-ring (bicyclic) bond motifs is 1. The highest BCUT2D eigenvalue weighted by Gasteiger charge is 2.08. The minimum Gasteiger partial charge on any atom is -0.478 e. The number of benzene rings is 2. The van der Waals surface area contributed by atoms with E-state index in [-0.39, 0.29) is 5.56 Å². The van der Waals surface area contributed by atoms with Crippen LogP contribution < -0.4 is 4.74 Å². The van der Waals surface area contributed by atoms with E-state index in [0.717, 1.165) is 5.39 Å². The number of aromatic carboxylic acids is 1. The summed E-state index contributed by atoms with van der Waals surface area (Å²) in [5.41, 5.74) is 0.274. The summed E-state index contributed by atoms with van der Waals surface area (Å²) >= 11 is 0. The van der Waals surface area contributed by atoms with Crippen molar-refractivity contribution in [2.45, 2.75) is 0 Å². The molecule has 0 amide bonds. The van der Waals surface area contributed by atoms with Crippen LogP contribution in [0.5, 0.6) is 11.6 Å². The molecule has 5 nitrogen and oxygen atoms in total. The molecule has 0 spiro atoms. The van der Waals surface area contributed by atoms with E-state index in [2.05, 4.69) is 9.97 Å². The van der Waals surface area contributed by atoms with E-state index in [0.29, 0.717) is 17.0 Å². The predicted molar refractivity (Wildman–Crippen MR) is 73.0 cm³/mol. The molecule has 0 bridgehead atoms. The van der Waals surface area contributed by atoms with Crippen molar-refractivity contribution in [3.8, 4) is 11.6 Å². The Morgan fingerprint density at radius 2 is 2.05 bits per heavy atom. The van der Waals surface area contributed by atoms with Gasteiger partial charge >= 0.3 is 5.97 Å². The molecular weight excluding hydrogens is 256 g/mol. The van der Waals surface area contributed by atoms with Crippen molar-refractivity contribution in [3.63, 3.8) is 0 Å². The third-order valence-electron chi connectivity index (χ3n) is 2.86. The number of hydrogen-bond acceptors (Lipinski definition) is 4. The van der Waals surface area contributed by atoms with E-state index in [1.165, 1.54) is 6.33 Å². The molecule has 0 saturated heterocycles. The molecule has 0 radical (unpaired) electrons. The molecule has 0 fully saturated rings. The van der Waals surface area contributed by atoms with Gasteiger partial charge in [-0.1, -0.05) is 12.1 Å². The maximum atomic E-state index is 11.1. The molecule has 1 N–H and O–H groups in total. The lowest BCUT2D eigenvalue weighted by atomic mass is 10.0. The van der Waals surface area contributed by atoms with Crippen molar-refractivity contribution >= 4 is 16.7 Å². The Balaban J connectivity index is 2.01. The first kappa shape index (κ1) is 12.1. The molecule has 2 aromatic carbocycles. The SMILES string of the molecule is O=C(O)c1cccc2cc(Oc3ccncn3)ccc12. The monoisotopic (exact) mass is 266 g/mol. The maximum absolute atomic E-state index is 11.1. The highest BCUT2D eigenvalue weighted by atomic mass is 16.5. The summed E-state index contributed by atoms with van der Waals surface area (Å²) in [6, 6.07) is 12.0. The molecule has 0 aliphatic rings. The van der Waals surface area contributed by atoms with Gasteiger partial charge in [-0.2, -0.15) is 0 Å². The number of ether oxygens (including phenoxy) is 1. The lowest BCUT2D eigenvalue weighted by molar-refractivity contribution is 0.0699. The highest BCUT2D eigenvalue weighted by Crippen LogP contribution is 2.26. The van der Waals surface area contributed by atoms with Crippen LogP contribution in [0.2, 0.25) is 0 Å². The first-order valence-electron chi connectivity index (χ1n) is 5.94. The molecule has 98 valence electrons. The summed E-state index contributed by atoms with van der Waals surface area (Å²) in [4.78, 5) is 18.9. The summed E-state index contributed by atoms with van der Waals surface area (Å²) in [6.07, 6.45) is 2.99. The Hall–Kier alpha value is -2.95. The molecule has 1 heterocycles. The van der Waals surface area contributed by atoms with E-state index < -0.39 is 5.97 Å². The molecule has 0 atom stereocenters. The second-order valence-electron chi connectivity index (χ2n) is 4.14. The zero-order valence-corrected chi connectivity index (χ0v) is 10.4. The van der Waals surface area contributed by atoms with Gasteiger partial charge in [-0.25, -0.2) is 14.8 Å². The molecule has 1 aromatic heterocycles. The van der Waals surface area contributed by atoms with Gasteiger partial charge in [0.25, 0.3) is 0 Å². The fraction of sp³-hybridized carbons (Fsp3) is 0. The second kappa shape index (κ2) is 4.97. The van der Waals surface area contributed by atoms with Gasteiger partial charge in [0, 0.05) is 12.3 Å². The summed E-state index contributed by atoms with van der Waals surface area (Å²) < 4.78 is 5.59. The smallest absolute Gasteiger partial charge is 0.336 e. The number of carboxylic acid groups (broad SMARTS) is 1. The van der Waals surface area contributed by atoms with Crippen LogP contribution in [0.15, 0.2) is 55.0 Å². The molecular formula is C15H10N2O3. The molecule has 0 aliphatic carbocycles. The summed E-state index contributed by atoms with van der Waals surface area (Å²) in [7, 11) is 0. The fourth-order valence-corrected chi connectivity index (χ4v) is 1.97. The standard InChI is InChI=1S/C15H10N2O3/c18-15(19)13-3-1-2-10-8-11(4-5-12(10)13)20-14-6-7-16-9-17-14/h1-9H,(H,18,19). The van der Waals surface area contributed by atoms with Gasteiger partial charge in [0.2, 0.25) is 5.88 Å². The molecule has 5 heteroatoms. The fourth-order valence-electron chi connectivity index (χ4n) is 1.97. The molecule has 0 saturated carbocycles. The van der Waals surface area contributed by atoms with Crippen LogP contribution in [0.3, 0.4) is 0 Å². The Bertz CT molecular complexity index is 772. The normalized spacial score (nSPS) is 10.4. The van der Waals surface area contributed by atoms with Crippen LogP contribution >= 0.6 is 0 Å². The predicted octanol–water partition coefficient (Wildman–Crippen LogP) is 3.12. The molecule has 0 aliphatic heterocycles. The van der Waals surface area contributed by atoms with Crippen molar-refractivity contribution in [1.82, 2.24) is 9.97 Å². The number of rotatable bonds is 3. The summed E-state index contributed by atoms with van der Waals surface area (Å²) in [5, 5.41) is 10.6. The number of carbonyl (C=O) groups is 1. The van der Waals surface area contributed by atoms with Gasteiger partial charge in [0.05, 0.1) is 5.56 Å². The average Bonchev–Trinajstić information content (AvgIpc) is 2.47. The van der Waals surface area contributed by atoms with Crippen LogP contribution in [0, 0.1) is 0 Å². The largest absolute Gasteiger partial charge is 0.478 e. The van der Waals surface area contributed by atoms with Crippen LogP contribution in [0.4, 0.5) is 0 Å². The topological polar surface area (TPSA) is 72.3 Å². The van der Waals surface area contributed by atoms with Crippen molar-refractivity contribution in [1.29, 1.82) is 0 Å². The Labute approximate surface area is 114 Å². The number of aromatic nitrogens is 2. The first-order valence-corrected chi connectivity index (χ1v) is 5.94. The van der Waals surface area contributed by atoms with Crippen molar-refractivity contribution in [3.05, 3.63) is 60.6 Å². The third-order valence-corrected chi connectivity index (χ3v) is 2.86. The molecule has 20 heavy (non-hydrogen) atoms. The van der Waals surface area contributed by atoms with E-state index in [4.69, 9.17) is 9.84 Å². The van der Waals surface area contributed by atoms with Crippen LogP contribution in [-0.4, -0.2) is 21.0 Å². The zero-order chi connectivity index (χ0) is 13.9. The van der Waals surface area contributed by atoms with E-state index >= 15 is 0 Å². The number of nitrogens with zero attached hydrogens (tertiary/aromatic N) is 2. The van der Waals surface area contributed by atoms with Crippen molar-refractivity contribution < 1.29 is 14.6 Å². The zero-order valence-electron chi connectivity index (χ0n) is 10.4. The molecule has 0 unspecified atom stereocenters. The van der Waals surface area contributed by atoms with E-state index in [1.54, 1.807) is 42.6 Å². The Morgan fingerprint density at radius 3 is 2.80 bits per heavy atom. The van der Waals surface area contributed by atoms with Crippen molar-refractivity contribution in [2.24, 2.45) is 0 Å². The van der Waals surface area contributed by atoms with Gasteiger partial charge in [-0.15, -0.1) is 0 Å². The lowest BCUT2D eigenvalue weighted by Crippen LogP contribution is -1.97. The van der Waals surface area contributed by atoms with Crippen LogP contribution in [0.25, 0.3) is 10.8 Å². The third kappa shape index (κ3) is 2.29. The average molecular weight is 266 g/mol. The summed E-state index contributed by atoms with van der Waals surface area (Å²) in [5.74, 6) is 0.0903. The minimum absolute atomic E-state index is 0.274. The van der Waals surface area contributed by atoms with Gasteiger partial charge in [0.1, 0.15) is 12.1 Å². The Morgan fingerprint density at radius 1 is 1.15 bits per heavy atom. The summed E-state index contributed by atoms with van der Waals surface area (Å²) in [6.45, 7) is 0. The van der Waals surface area contributed by atoms with Crippen molar-refractivity contribution in [2.75, 3.05) is 0 Å². The number of hydrogen-bond donors (Lipinski definition) is 1. The van der Waals surface area contributed by atoms with Gasteiger partial charge in [-0.3, -0.25) is 0 Å². The van der Waals surface area contributed by atoms with Gasteiger partial charge in [-0.05, 0) is 35.0 Å². The van der Waals surface area contributed by atoms with E-state index in [9.17, 15) is 4.79 Å². The Kier molecular flexibility index (Phi) is 3.01.